The number of hydrogen-bond donors (Lipinski definition) is 0. The number of nitrogens with zero attached hydrogens (tertiary/aromatic N) is 1. The van der Waals surface area contributed by atoms with Crippen LogP contribution in [-0.4, -0.2) is 37.9 Å². The first kappa shape index (κ1) is 14.7. The van der Waals surface area contributed by atoms with Gasteiger partial charge in [-0.05, 0) is 37.8 Å². The molecule has 0 N–H and O–H groups in total. The van der Waals surface area contributed by atoms with Gasteiger partial charge in [-0.3, -0.25) is 4.79 Å². The molecule has 1 atom stereocenters. The Morgan fingerprint density at radius 3 is 2.79 bits per heavy atom. The molecule has 0 aromatic carbocycles. The molecular formula is C13H19NO3S2. The van der Waals surface area contributed by atoms with E-state index in [4.69, 9.17) is 0 Å². The zero-order valence-electron chi connectivity index (χ0n) is 11.3. The van der Waals surface area contributed by atoms with E-state index in [2.05, 4.69) is 0 Å². The lowest BCUT2D eigenvalue weighted by Crippen LogP contribution is -2.39. The molecule has 106 valence electrons. The molecule has 2 rings (SSSR count). The Balaban J connectivity index is 1.98. The van der Waals surface area contributed by atoms with Gasteiger partial charge in [-0.25, -0.2) is 12.7 Å². The van der Waals surface area contributed by atoms with E-state index < -0.39 is 10.0 Å². The molecule has 1 aliphatic rings. The highest BCUT2D eigenvalue weighted by molar-refractivity contribution is 7.88. The van der Waals surface area contributed by atoms with Crippen LogP contribution in [0.3, 0.4) is 0 Å². The maximum atomic E-state index is 12.1. The fourth-order valence-electron chi connectivity index (χ4n) is 2.44. The highest BCUT2D eigenvalue weighted by atomic mass is 32.2. The summed E-state index contributed by atoms with van der Waals surface area (Å²) in [7, 11) is -3.13. The van der Waals surface area contributed by atoms with Crippen molar-refractivity contribution >= 4 is 27.1 Å². The van der Waals surface area contributed by atoms with Crippen molar-refractivity contribution in [3.8, 4) is 0 Å². The zero-order valence-corrected chi connectivity index (χ0v) is 12.9. The summed E-state index contributed by atoms with van der Waals surface area (Å²) in [5.41, 5.74) is 0. The molecule has 1 fully saturated rings. The Hall–Kier alpha value is -0.720. The third-order valence-electron chi connectivity index (χ3n) is 3.44. The lowest BCUT2D eigenvalue weighted by Gasteiger charge is -2.30. The minimum Gasteiger partial charge on any atom is -0.293 e. The highest BCUT2D eigenvalue weighted by Crippen LogP contribution is 2.25. The number of carbonyl (C=O) groups excluding carboxylic acids is 1. The molecule has 0 aliphatic carbocycles. The first-order valence-corrected chi connectivity index (χ1v) is 9.07. The number of Topliss-reactive ketones (excluding diaryl/α,β-unsaturated/α-hetero) is 1. The molecule has 1 aliphatic heterocycles. The molecular weight excluding hydrogens is 282 g/mol. The van der Waals surface area contributed by atoms with Crippen molar-refractivity contribution in [1.82, 2.24) is 4.31 Å². The van der Waals surface area contributed by atoms with Crippen LogP contribution in [-0.2, 0) is 10.0 Å². The van der Waals surface area contributed by atoms with Crippen LogP contribution in [0, 0.1) is 12.8 Å². The molecule has 1 unspecified atom stereocenters. The molecule has 1 saturated heterocycles. The second-order valence-corrected chi connectivity index (χ2v) is 8.44. The van der Waals surface area contributed by atoms with Crippen molar-refractivity contribution in [3.05, 3.63) is 21.9 Å². The molecule has 19 heavy (non-hydrogen) atoms. The number of piperidine rings is 1. The van der Waals surface area contributed by atoms with Crippen molar-refractivity contribution < 1.29 is 13.2 Å². The van der Waals surface area contributed by atoms with Crippen LogP contribution in [0.1, 0.15) is 33.8 Å². The number of carbonyl (C=O) groups is 1. The summed E-state index contributed by atoms with van der Waals surface area (Å²) in [4.78, 5) is 14.0. The Bertz CT molecular complexity index is 562. The summed E-state index contributed by atoms with van der Waals surface area (Å²) in [5.74, 6) is 0.289. The number of ketones is 1. The first-order valence-electron chi connectivity index (χ1n) is 6.41. The van der Waals surface area contributed by atoms with Crippen LogP contribution in [0.5, 0.6) is 0 Å². The van der Waals surface area contributed by atoms with E-state index in [-0.39, 0.29) is 11.7 Å². The van der Waals surface area contributed by atoms with E-state index >= 15 is 0 Å². The minimum atomic E-state index is -3.13. The normalized spacial score (nSPS) is 21.5. The van der Waals surface area contributed by atoms with E-state index in [9.17, 15) is 13.2 Å². The maximum absolute atomic E-state index is 12.1. The smallest absolute Gasteiger partial charge is 0.211 e. The summed E-state index contributed by atoms with van der Waals surface area (Å²) in [6.45, 7) is 3.05. The topological polar surface area (TPSA) is 54.5 Å². The van der Waals surface area contributed by atoms with Gasteiger partial charge in [-0.15, -0.1) is 11.3 Å². The van der Waals surface area contributed by atoms with Crippen molar-refractivity contribution in [2.24, 2.45) is 5.92 Å². The van der Waals surface area contributed by atoms with Gasteiger partial charge < -0.3 is 0 Å². The number of rotatable bonds is 4. The Kier molecular flexibility index (Phi) is 4.43. The van der Waals surface area contributed by atoms with Gasteiger partial charge in [-0.2, -0.15) is 0 Å². The van der Waals surface area contributed by atoms with Gasteiger partial charge in [0.1, 0.15) is 0 Å². The predicted octanol–water partition coefficient (Wildman–Crippen LogP) is 2.30. The van der Waals surface area contributed by atoms with Crippen LogP contribution < -0.4 is 0 Å². The number of hydrogen-bond acceptors (Lipinski definition) is 4. The summed E-state index contributed by atoms with van der Waals surface area (Å²) < 4.78 is 24.6. The van der Waals surface area contributed by atoms with Gasteiger partial charge >= 0.3 is 0 Å². The molecule has 0 saturated carbocycles. The summed E-state index contributed by atoms with van der Waals surface area (Å²) in [6.07, 6.45) is 3.46. The van der Waals surface area contributed by atoms with Gasteiger partial charge in [0.05, 0.1) is 11.1 Å². The van der Waals surface area contributed by atoms with Crippen molar-refractivity contribution in [2.75, 3.05) is 19.3 Å². The van der Waals surface area contributed by atoms with E-state index in [1.807, 2.05) is 19.1 Å². The fourth-order valence-corrected chi connectivity index (χ4v) is 4.20. The Labute approximate surface area is 118 Å². The van der Waals surface area contributed by atoms with Crippen molar-refractivity contribution in [2.45, 2.75) is 26.2 Å². The van der Waals surface area contributed by atoms with Gasteiger partial charge in [0.15, 0.2) is 5.78 Å². The fraction of sp³-hybridized carbons (Fsp3) is 0.615. The van der Waals surface area contributed by atoms with Crippen LogP contribution in [0.25, 0.3) is 0 Å². The summed E-state index contributed by atoms with van der Waals surface area (Å²) in [5, 5.41) is 0. The second kappa shape index (κ2) is 5.73. The number of aryl methyl sites for hydroxylation is 1. The van der Waals surface area contributed by atoms with E-state index in [1.54, 1.807) is 0 Å². The van der Waals surface area contributed by atoms with Crippen molar-refractivity contribution in [1.29, 1.82) is 0 Å². The molecule has 4 nitrogen and oxygen atoms in total. The van der Waals surface area contributed by atoms with Crippen LogP contribution >= 0.6 is 11.3 Å². The Morgan fingerprint density at radius 1 is 1.47 bits per heavy atom. The van der Waals surface area contributed by atoms with Gasteiger partial charge in [0.2, 0.25) is 10.0 Å². The molecule has 1 aromatic rings. The molecule has 0 radical (unpaired) electrons. The van der Waals surface area contributed by atoms with Gasteiger partial charge in [0.25, 0.3) is 0 Å². The van der Waals surface area contributed by atoms with Crippen molar-refractivity contribution in [3.63, 3.8) is 0 Å². The number of thiophene rings is 1. The summed E-state index contributed by atoms with van der Waals surface area (Å²) in [6, 6.07) is 3.81. The van der Waals surface area contributed by atoms with Crippen LogP contribution in [0.2, 0.25) is 0 Å². The zero-order chi connectivity index (χ0) is 14.0. The monoisotopic (exact) mass is 301 g/mol. The van der Waals surface area contributed by atoms with Gasteiger partial charge in [0, 0.05) is 24.4 Å². The highest BCUT2D eigenvalue weighted by Gasteiger charge is 2.27. The van der Waals surface area contributed by atoms with Crippen LogP contribution in [0.15, 0.2) is 12.1 Å². The minimum absolute atomic E-state index is 0.137. The third kappa shape index (κ3) is 3.87. The molecule has 0 amide bonds. The maximum Gasteiger partial charge on any atom is 0.211 e. The van der Waals surface area contributed by atoms with E-state index in [1.165, 1.54) is 21.9 Å². The third-order valence-corrected chi connectivity index (χ3v) is 5.75. The van der Waals surface area contributed by atoms with E-state index in [0.29, 0.717) is 19.5 Å². The number of sulfonamides is 1. The van der Waals surface area contributed by atoms with Crippen LogP contribution in [0.4, 0.5) is 0 Å². The average molecular weight is 301 g/mol. The SMILES string of the molecule is Cc1ccc(C(=O)CC2CCCN(S(C)(=O)=O)C2)s1. The molecule has 1 aromatic heterocycles. The quantitative estimate of drug-likeness (QED) is 0.802. The molecule has 0 spiro atoms. The molecule has 6 heteroatoms. The first-order chi connectivity index (χ1) is 8.86. The largest absolute Gasteiger partial charge is 0.293 e. The molecule has 2 heterocycles. The molecule has 0 bridgehead atoms. The van der Waals surface area contributed by atoms with Gasteiger partial charge in [-0.1, -0.05) is 0 Å². The lowest BCUT2D eigenvalue weighted by molar-refractivity contribution is 0.0946. The Morgan fingerprint density at radius 2 is 2.21 bits per heavy atom. The van der Waals surface area contributed by atoms with E-state index in [0.717, 1.165) is 22.6 Å². The summed E-state index contributed by atoms with van der Waals surface area (Å²) >= 11 is 1.51. The predicted molar refractivity (Wildman–Crippen MR) is 77.1 cm³/mol. The standard InChI is InChI=1S/C13H19NO3S2/c1-10-5-6-13(18-10)12(15)8-11-4-3-7-14(9-11)19(2,16)17/h5-6,11H,3-4,7-9H2,1-2H3. The average Bonchev–Trinajstić information content (AvgIpc) is 2.75. The second-order valence-electron chi connectivity index (χ2n) is 5.17. The lowest BCUT2D eigenvalue weighted by atomic mass is 9.94.